The van der Waals surface area contributed by atoms with Gasteiger partial charge in [0, 0.05) is 0 Å². The van der Waals surface area contributed by atoms with Gasteiger partial charge in [0.1, 0.15) is 16.7 Å². The number of hydrogen-bond donors (Lipinski definition) is 0. The Morgan fingerprint density at radius 1 is 1.41 bits per heavy atom. The zero-order valence-electron chi connectivity index (χ0n) is 8.78. The number of fused-ring (bicyclic) bond motifs is 1. The minimum atomic E-state index is -2.96. The first-order valence-electron chi connectivity index (χ1n) is 4.67. The molecule has 0 saturated heterocycles. The monoisotopic (exact) mass is 242 g/mol. The van der Waals surface area contributed by atoms with Crippen molar-refractivity contribution in [3.05, 3.63) is 24.0 Å². The molecule has 0 aliphatic heterocycles. The van der Waals surface area contributed by atoms with Crippen molar-refractivity contribution in [3.8, 4) is 11.5 Å². The number of aldehydes is 1. The van der Waals surface area contributed by atoms with Crippen LogP contribution in [0.15, 0.2) is 22.6 Å². The Bertz CT molecular complexity index is 548. The van der Waals surface area contributed by atoms with Gasteiger partial charge >= 0.3 is 6.61 Å². The van der Waals surface area contributed by atoms with Crippen LogP contribution < -0.4 is 9.47 Å². The summed E-state index contributed by atoms with van der Waals surface area (Å²) in [6.07, 6.45) is 0.449. The van der Waals surface area contributed by atoms with Crippen LogP contribution in [0.2, 0.25) is 0 Å². The third-order valence-corrected chi connectivity index (χ3v) is 2.19. The highest BCUT2D eigenvalue weighted by atomic mass is 19.3. The zero-order valence-corrected chi connectivity index (χ0v) is 8.78. The van der Waals surface area contributed by atoms with Gasteiger partial charge < -0.3 is 13.9 Å². The van der Waals surface area contributed by atoms with E-state index in [1.807, 2.05) is 0 Å². The van der Waals surface area contributed by atoms with Gasteiger partial charge in [-0.3, -0.25) is 4.79 Å². The number of ether oxygens (including phenoxy) is 2. The molecule has 0 radical (unpaired) electrons. The second kappa shape index (κ2) is 4.40. The third kappa shape index (κ3) is 1.93. The fourth-order valence-electron chi connectivity index (χ4n) is 1.58. The van der Waals surface area contributed by atoms with Gasteiger partial charge in [-0.25, -0.2) is 0 Å². The number of carbonyl (C=O) groups excluding carboxylic acids is 1. The predicted octanol–water partition coefficient (Wildman–Crippen LogP) is 2.86. The molecule has 2 aromatic rings. The Morgan fingerprint density at radius 2 is 2.18 bits per heavy atom. The van der Waals surface area contributed by atoms with Crippen LogP contribution >= 0.6 is 0 Å². The highest BCUT2D eigenvalue weighted by Gasteiger charge is 2.19. The number of alkyl halides is 2. The molecule has 90 valence electrons. The molecule has 0 saturated carbocycles. The number of halogens is 2. The van der Waals surface area contributed by atoms with Crippen LogP contribution in [0.5, 0.6) is 11.5 Å². The van der Waals surface area contributed by atoms with E-state index < -0.39 is 6.61 Å². The van der Waals surface area contributed by atoms with Crippen LogP contribution in [0.25, 0.3) is 11.0 Å². The fourth-order valence-corrected chi connectivity index (χ4v) is 1.58. The molecule has 1 aromatic carbocycles. The maximum Gasteiger partial charge on any atom is 0.387 e. The van der Waals surface area contributed by atoms with Gasteiger partial charge in [-0.2, -0.15) is 8.78 Å². The molecule has 0 aliphatic rings. The summed E-state index contributed by atoms with van der Waals surface area (Å²) < 4.78 is 38.9. The van der Waals surface area contributed by atoms with Gasteiger partial charge in [0.05, 0.1) is 7.11 Å². The Labute approximate surface area is 94.7 Å². The molecule has 2 rings (SSSR count). The van der Waals surface area contributed by atoms with Crippen molar-refractivity contribution in [2.45, 2.75) is 6.61 Å². The summed E-state index contributed by atoms with van der Waals surface area (Å²) >= 11 is 0. The molecule has 0 fully saturated rings. The van der Waals surface area contributed by atoms with Crippen molar-refractivity contribution in [2.24, 2.45) is 0 Å². The SMILES string of the molecule is COc1c(C=O)oc2cccc(OC(F)F)c12. The topological polar surface area (TPSA) is 48.7 Å². The first-order chi connectivity index (χ1) is 8.17. The minimum absolute atomic E-state index is 0.0622. The van der Waals surface area contributed by atoms with Crippen LogP contribution in [0, 0.1) is 0 Å². The standard InChI is InChI=1S/C11H8F2O4/c1-15-10-8(5-14)16-6-3-2-4-7(9(6)10)17-11(12)13/h2-5,11H,1H3. The largest absolute Gasteiger partial charge is 0.492 e. The summed E-state index contributed by atoms with van der Waals surface area (Å²) in [6, 6.07) is 4.36. The van der Waals surface area contributed by atoms with E-state index in [0.717, 1.165) is 0 Å². The van der Waals surface area contributed by atoms with Crippen LogP contribution in [-0.4, -0.2) is 20.0 Å². The number of benzene rings is 1. The molecule has 4 nitrogen and oxygen atoms in total. The lowest BCUT2D eigenvalue weighted by Crippen LogP contribution is -2.02. The van der Waals surface area contributed by atoms with E-state index in [0.29, 0.717) is 6.29 Å². The second-order valence-electron chi connectivity index (χ2n) is 3.13. The van der Waals surface area contributed by atoms with Gasteiger partial charge in [0.15, 0.2) is 12.0 Å². The van der Waals surface area contributed by atoms with Crippen LogP contribution in [0.3, 0.4) is 0 Å². The lowest BCUT2D eigenvalue weighted by molar-refractivity contribution is -0.0488. The number of rotatable bonds is 4. The van der Waals surface area contributed by atoms with Gasteiger partial charge in [0.25, 0.3) is 0 Å². The first-order valence-corrected chi connectivity index (χ1v) is 4.67. The molecule has 17 heavy (non-hydrogen) atoms. The molecule has 0 bridgehead atoms. The van der Waals surface area contributed by atoms with Gasteiger partial charge in [0.2, 0.25) is 5.76 Å². The van der Waals surface area contributed by atoms with E-state index in [-0.39, 0.29) is 28.2 Å². The summed E-state index contributed by atoms with van der Waals surface area (Å²) in [5, 5.41) is 0.220. The molecule has 0 amide bonds. The molecule has 0 atom stereocenters. The fraction of sp³-hybridized carbons (Fsp3) is 0.182. The predicted molar refractivity (Wildman–Crippen MR) is 54.8 cm³/mol. The summed E-state index contributed by atoms with van der Waals surface area (Å²) in [5.74, 6) is -0.0646. The molecule has 0 spiro atoms. The normalized spacial score (nSPS) is 10.8. The lowest BCUT2D eigenvalue weighted by Gasteiger charge is -2.06. The highest BCUT2D eigenvalue weighted by Crippen LogP contribution is 2.38. The molecular weight excluding hydrogens is 234 g/mol. The molecule has 0 N–H and O–H groups in total. The number of furan rings is 1. The second-order valence-corrected chi connectivity index (χ2v) is 3.13. The molecule has 1 heterocycles. The van der Waals surface area contributed by atoms with Crippen LogP contribution in [0.4, 0.5) is 8.78 Å². The summed E-state index contributed by atoms with van der Waals surface area (Å²) in [5.41, 5.74) is 0.252. The van der Waals surface area contributed by atoms with Crippen molar-refractivity contribution >= 4 is 17.3 Å². The van der Waals surface area contributed by atoms with Gasteiger partial charge in [-0.05, 0) is 12.1 Å². The maximum atomic E-state index is 12.2. The Balaban J connectivity index is 2.68. The van der Waals surface area contributed by atoms with Crippen molar-refractivity contribution in [3.63, 3.8) is 0 Å². The molecule has 6 heteroatoms. The van der Waals surface area contributed by atoms with Gasteiger partial charge in [-0.1, -0.05) is 6.07 Å². The number of hydrogen-bond acceptors (Lipinski definition) is 4. The number of methoxy groups -OCH3 is 1. The zero-order chi connectivity index (χ0) is 12.4. The lowest BCUT2D eigenvalue weighted by atomic mass is 10.2. The van der Waals surface area contributed by atoms with Gasteiger partial charge in [-0.15, -0.1) is 0 Å². The van der Waals surface area contributed by atoms with E-state index in [4.69, 9.17) is 9.15 Å². The molecule has 1 aromatic heterocycles. The first kappa shape index (κ1) is 11.4. The van der Waals surface area contributed by atoms with E-state index in [2.05, 4.69) is 4.74 Å². The average Bonchev–Trinajstić information content (AvgIpc) is 2.67. The quantitative estimate of drug-likeness (QED) is 0.773. The van der Waals surface area contributed by atoms with E-state index >= 15 is 0 Å². The number of carbonyl (C=O) groups is 1. The van der Waals surface area contributed by atoms with Crippen molar-refractivity contribution < 1.29 is 27.5 Å². The van der Waals surface area contributed by atoms with Crippen molar-refractivity contribution in [1.82, 2.24) is 0 Å². The maximum absolute atomic E-state index is 12.2. The van der Waals surface area contributed by atoms with Crippen LogP contribution in [-0.2, 0) is 0 Å². The average molecular weight is 242 g/mol. The Kier molecular flexibility index (Phi) is 2.95. The smallest absolute Gasteiger partial charge is 0.387 e. The third-order valence-electron chi connectivity index (χ3n) is 2.19. The molecule has 0 unspecified atom stereocenters. The van der Waals surface area contributed by atoms with Crippen LogP contribution in [0.1, 0.15) is 10.6 Å². The Hall–Kier alpha value is -2.11. The molecule has 0 aliphatic carbocycles. The van der Waals surface area contributed by atoms with Crippen molar-refractivity contribution in [1.29, 1.82) is 0 Å². The summed E-state index contributed by atoms with van der Waals surface area (Å²) in [4.78, 5) is 10.7. The Morgan fingerprint density at radius 3 is 2.76 bits per heavy atom. The summed E-state index contributed by atoms with van der Waals surface area (Å²) in [7, 11) is 1.32. The van der Waals surface area contributed by atoms with E-state index in [9.17, 15) is 13.6 Å². The van der Waals surface area contributed by atoms with Crippen molar-refractivity contribution in [2.75, 3.05) is 7.11 Å². The van der Waals surface area contributed by atoms with E-state index in [1.165, 1.54) is 25.3 Å². The van der Waals surface area contributed by atoms with E-state index in [1.54, 1.807) is 0 Å². The summed E-state index contributed by atoms with van der Waals surface area (Å²) in [6.45, 7) is -2.96. The minimum Gasteiger partial charge on any atom is -0.492 e. The highest BCUT2D eigenvalue weighted by molar-refractivity contribution is 5.96. The molecular formula is C11H8F2O4.